The van der Waals surface area contributed by atoms with Crippen LogP contribution in [0.5, 0.6) is 0 Å². The van der Waals surface area contributed by atoms with Crippen LogP contribution in [0.15, 0.2) is 21.7 Å². The minimum absolute atomic E-state index is 0.00378. The maximum atomic E-state index is 12.8. The molecule has 1 saturated heterocycles. The summed E-state index contributed by atoms with van der Waals surface area (Å²) in [7, 11) is 0. The van der Waals surface area contributed by atoms with Crippen molar-refractivity contribution in [3.05, 3.63) is 23.9 Å². The van der Waals surface area contributed by atoms with Crippen molar-refractivity contribution in [3.8, 4) is 0 Å². The number of allylic oxidation sites excluding steroid dienone is 2. The first kappa shape index (κ1) is 21.5. The average molecular weight is 429 g/mol. The number of carbonyl (C=O) groups excluding carboxylic acids is 2. The van der Waals surface area contributed by atoms with E-state index in [4.69, 9.17) is 4.52 Å². The Labute approximate surface area is 182 Å². The zero-order chi connectivity index (χ0) is 22.0. The number of nitrogens with zero attached hydrogens (tertiary/aromatic N) is 4. The van der Waals surface area contributed by atoms with Crippen molar-refractivity contribution in [3.63, 3.8) is 0 Å². The van der Waals surface area contributed by atoms with Crippen molar-refractivity contribution in [2.24, 2.45) is 28.7 Å². The Morgan fingerprint density at radius 3 is 2.55 bits per heavy atom. The summed E-state index contributed by atoms with van der Waals surface area (Å²) in [4.78, 5) is 35.9. The van der Waals surface area contributed by atoms with E-state index in [0.717, 1.165) is 25.2 Å². The van der Waals surface area contributed by atoms with E-state index in [0.29, 0.717) is 37.9 Å². The Hall–Kier alpha value is -2.71. The quantitative estimate of drug-likeness (QED) is 0.201. The monoisotopic (exact) mass is 428 g/mol. The molecule has 168 valence electrons. The van der Waals surface area contributed by atoms with Crippen molar-refractivity contribution in [2.45, 2.75) is 46.0 Å². The Kier molecular flexibility index (Phi) is 6.38. The minimum atomic E-state index is -0.134. The Morgan fingerprint density at radius 2 is 1.94 bits per heavy atom. The lowest BCUT2D eigenvalue weighted by molar-refractivity contribution is -0.140. The normalized spacial score (nSPS) is 27.0. The highest BCUT2D eigenvalue weighted by atomic mass is 16.5. The topological polar surface area (TPSA) is 113 Å². The molecule has 9 heteroatoms. The first-order valence-electron chi connectivity index (χ1n) is 11.4. The van der Waals surface area contributed by atoms with E-state index in [9.17, 15) is 9.59 Å². The van der Waals surface area contributed by atoms with Crippen LogP contribution < -0.4 is 10.6 Å². The molecule has 4 rings (SSSR count). The molecule has 0 radical (unpaired) electrons. The third kappa shape index (κ3) is 4.36. The van der Waals surface area contributed by atoms with Crippen molar-refractivity contribution < 1.29 is 14.1 Å². The largest absolute Gasteiger partial charge is 0.357 e. The maximum absolute atomic E-state index is 12.8. The predicted molar refractivity (Wildman–Crippen MR) is 115 cm³/mol. The zero-order valence-electron chi connectivity index (χ0n) is 18.5. The molecule has 2 aliphatic carbocycles. The minimum Gasteiger partial charge on any atom is -0.357 e. The van der Waals surface area contributed by atoms with Gasteiger partial charge in [0, 0.05) is 38.5 Å². The van der Waals surface area contributed by atoms with Crippen LogP contribution in [0, 0.1) is 23.7 Å². The molecule has 1 aliphatic heterocycles. The number of likely N-dealkylation sites (tertiary alicyclic amines) is 1. The lowest BCUT2D eigenvalue weighted by Gasteiger charge is -2.18. The number of hydrogen-bond acceptors (Lipinski definition) is 6. The van der Waals surface area contributed by atoms with E-state index in [1.807, 2.05) is 20.8 Å². The standard InChI is InChI=1S/C22H32N6O3/c1-4-23-22(24-9-5-6-16-26-19(13(2)3)27-31-16)25-10-11-28-20(29)17-14-7-8-15(12-14)18(17)21(28)30/h7-8,13-15,17-18H,4-6,9-12H2,1-3H3,(H2,23,24,25). The van der Waals surface area contributed by atoms with E-state index in [-0.39, 0.29) is 41.4 Å². The molecule has 3 aliphatic rings. The summed E-state index contributed by atoms with van der Waals surface area (Å²) in [6, 6.07) is 0. The van der Waals surface area contributed by atoms with Crippen molar-refractivity contribution in [2.75, 3.05) is 26.2 Å². The third-order valence-corrected chi connectivity index (χ3v) is 6.35. The van der Waals surface area contributed by atoms with Crippen molar-refractivity contribution in [1.29, 1.82) is 0 Å². The van der Waals surface area contributed by atoms with Gasteiger partial charge in [0.15, 0.2) is 11.8 Å². The molecule has 1 aromatic rings. The number of carbonyl (C=O) groups is 2. The highest BCUT2D eigenvalue weighted by molar-refractivity contribution is 6.06. The fourth-order valence-corrected chi connectivity index (χ4v) is 4.84. The number of aliphatic imine (C=N–C) groups is 1. The summed E-state index contributed by atoms with van der Waals surface area (Å²) in [6.45, 7) is 8.25. The second-order valence-corrected chi connectivity index (χ2v) is 8.82. The van der Waals surface area contributed by atoms with E-state index in [1.165, 1.54) is 4.90 Å². The van der Waals surface area contributed by atoms with Gasteiger partial charge in [-0.15, -0.1) is 0 Å². The number of rotatable bonds is 9. The van der Waals surface area contributed by atoms with Crippen LogP contribution in [-0.2, 0) is 16.0 Å². The fraction of sp³-hybridized carbons (Fsp3) is 0.682. The Morgan fingerprint density at radius 1 is 1.23 bits per heavy atom. The molecule has 2 amide bonds. The molecule has 2 bridgehead atoms. The van der Waals surface area contributed by atoms with Gasteiger partial charge < -0.3 is 15.2 Å². The highest BCUT2D eigenvalue weighted by Crippen LogP contribution is 2.52. The second kappa shape index (κ2) is 9.20. The Bertz CT molecular complexity index is 846. The number of amides is 2. The SMILES string of the molecule is CCNC(=NCCCc1nc(C(C)C)no1)NCCN1C(=O)C2C3C=CC(C3)C2C1=O. The number of fused-ring (bicyclic) bond motifs is 5. The smallest absolute Gasteiger partial charge is 0.233 e. The van der Waals surface area contributed by atoms with Crippen LogP contribution in [0.2, 0.25) is 0 Å². The molecule has 4 atom stereocenters. The number of guanidine groups is 1. The van der Waals surface area contributed by atoms with E-state index >= 15 is 0 Å². The molecule has 0 aromatic carbocycles. The van der Waals surface area contributed by atoms with Gasteiger partial charge >= 0.3 is 0 Å². The summed E-state index contributed by atoms with van der Waals surface area (Å²) in [5, 5.41) is 10.4. The number of nitrogens with one attached hydrogen (secondary N) is 2. The van der Waals surface area contributed by atoms with Gasteiger partial charge in [0.05, 0.1) is 11.8 Å². The molecule has 4 unspecified atom stereocenters. The molecule has 1 saturated carbocycles. The average Bonchev–Trinajstić information content (AvgIpc) is 3.51. The molecule has 31 heavy (non-hydrogen) atoms. The first-order chi connectivity index (χ1) is 15.0. The molecular formula is C22H32N6O3. The van der Waals surface area contributed by atoms with Gasteiger partial charge in [-0.2, -0.15) is 4.98 Å². The molecule has 0 spiro atoms. The number of hydrogen-bond donors (Lipinski definition) is 2. The first-order valence-corrected chi connectivity index (χ1v) is 11.4. The molecule has 2 fully saturated rings. The predicted octanol–water partition coefficient (Wildman–Crippen LogP) is 1.49. The number of imide groups is 1. The Balaban J connectivity index is 1.23. The van der Waals surface area contributed by atoms with Gasteiger partial charge in [0.2, 0.25) is 17.7 Å². The van der Waals surface area contributed by atoms with Gasteiger partial charge in [-0.3, -0.25) is 19.5 Å². The van der Waals surface area contributed by atoms with Gasteiger partial charge in [-0.05, 0) is 31.6 Å². The van der Waals surface area contributed by atoms with Crippen LogP contribution in [0.25, 0.3) is 0 Å². The van der Waals surface area contributed by atoms with Crippen LogP contribution in [0.3, 0.4) is 0 Å². The van der Waals surface area contributed by atoms with Gasteiger partial charge in [-0.25, -0.2) is 0 Å². The molecular weight excluding hydrogens is 396 g/mol. The zero-order valence-corrected chi connectivity index (χ0v) is 18.5. The fourth-order valence-electron chi connectivity index (χ4n) is 4.84. The molecule has 1 aromatic heterocycles. The number of aryl methyl sites for hydroxylation is 1. The van der Waals surface area contributed by atoms with Gasteiger partial charge in [-0.1, -0.05) is 31.2 Å². The van der Waals surface area contributed by atoms with Crippen LogP contribution >= 0.6 is 0 Å². The van der Waals surface area contributed by atoms with E-state index in [1.54, 1.807) is 0 Å². The molecule has 2 heterocycles. The van der Waals surface area contributed by atoms with Crippen molar-refractivity contribution in [1.82, 2.24) is 25.7 Å². The summed E-state index contributed by atoms with van der Waals surface area (Å²) in [5.41, 5.74) is 0. The highest BCUT2D eigenvalue weighted by Gasteiger charge is 2.58. The van der Waals surface area contributed by atoms with Crippen LogP contribution in [-0.4, -0.2) is 59.0 Å². The molecule has 2 N–H and O–H groups in total. The van der Waals surface area contributed by atoms with E-state index < -0.39 is 0 Å². The van der Waals surface area contributed by atoms with Gasteiger partial charge in [0.25, 0.3) is 0 Å². The summed E-state index contributed by atoms with van der Waals surface area (Å²) >= 11 is 0. The van der Waals surface area contributed by atoms with E-state index in [2.05, 4.69) is 37.9 Å². The van der Waals surface area contributed by atoms with Crippen LogP contribution in [0.1, 0.15) is 51.2 Å². The van der Waals surface area contributed by atoms with Gasteiger partial charge in [0.1, 0.15) is 0 Å². The summed E-state index contributed by atoms with van der Waals surface area (Å²) in [5.74, 6) is 2.52. The lowest BCUT2D eigenvalue weighted by atomic mass is 9.85. The van der Waals surface area contributed by atoms with Crippen molar-refractivity contribution >= 4 is 17.8 Å². The summed E-state index contributed by atoms with van der Waals surface area (Å²) in [6.07, 6.45) is 6.66. The third-order valence-electron chi connectivity index (χ3n) is 6.35. The maximum Gasteiger partial charge on any atom is 0.233 e. The lowest BCUT2D eigenvalue weighted by Crippen LogP contribution is -2.43. The summed E-state index contributed by atoms with van der Waals surface area (Å²) < 4.78 is 5.26. The van der Waals surface area contributed by atoms with Crippen LogP contribution in [0.4, 0.5) is 0 Å². The number of aromatic nitrogens is 2. The second-order valence-electron chi connectivity index (χ2n) is 8.82. The molecule has 9 nitrogen and oxygen atoms in total.